The molecule has 2 rings (SSSR count). The summed E-state index contributed by atoms with van der Waals surface area (Å²) in [5.41, 5.74) is 0.542. The van der Waals surface area contributed by atoms with Crippen LogP contribution in [0.5, 0.6) is 0 Å². The van der Waals surface area contributed by atoms with Crippen molar-refractivity contribution in [1.29, 1.82) is 0 Å². The van der Waals surface area contributed by atoms with Crippen molar-refractivity contribution in [2.75, 3.05) is 0 Å². The van der Waals surface area contributed by atoms with E-state index in [2.05, 4.69) is 20.8 Å². The number of allylic oxidation sites excluding steroid dienone is 2. The van der Waals surface area contributed by atoms with E-state index < -0.39 is 0 Å². The van der Waals surface area contributed by atoms with Crippen LogP contribution in [0, 0.1) is 5.41 Å². The summed E-state index contributed by atoms with van der Waals surface area (Å²) in [6.07, 6.45) is 3.56. The number of Topliss-reactive ketones (excluding diaryl/α,β-unsaturated/α-hetero) is 2. The van der Waals surface area contributed by atoms with E-state index in [0.29, 0.717) is 18.4 Å². The fourth-order valence-electron chi connectivity index (χ4n) is 2.26. The second-order valence-corrected chi connectivity index (χ2v) is 7.33. The number of carbonyl (C=O) groups excluding carboxylic acids is 2. The molecule has 1 fully saturated rings. The smallest absolute Gasteiger partial charge is 0.166 e. The van der Waals surface area contributed by atoms with Gasteiger partial charge in [-0.25, -0.2) is 0 Å². The molecule has 0 spiro atoms. The minimum absolute atomic E-state index is 0.0129. The average molecular weight is 276 g/mol. The highest BCUT2D eigenvalue weighted by atomic mass is 32.1. The molecule has 1 heterocycles. The summed E-state index contributed by atoms with van der Waals surface area (Å²) in [4.78, 5) is 25.4. The largest absolute Gasteiger partial charge is 0.294 e. The van der Waals surface area contributed by atoms with Gasteiger partial charge in [0.2, 0.25) is 0 Å². The number of thiophene rings is 1. The molecular formula is C16H20O2S. The SMILES string of the molecule is CC(C)(C)CC=C1C(=O)CC(c2cccs2)CC1=O. The van der Waals surface area contributed by atoms with Crippen molar-refractivity contribution in [2.24, 2.45) is 5.41 Å². The Balaban J connectivity index is 2.12. The number of hydrogen-bond donors (Lipinski definition) is 0. The third-order valence-corrected chi connectivity index (χ3v) is 4.36. The highest BCUT2D eigenvalue weighted by Crippen LogP contribution is 2.34. The van der Waals surface area contributed by atoms with E-state index in [1.807, 2.05) is 23.6 Å². The summed E-state index contributed by atoms with van der Waals surface area (Å²) in [6, 6.07) is 3.99. The van der Waals surface area contributed by atoms with Gasteiger partial charge >= 0.3 is 0 Å². The quantitative estimate of drug-likeness (QED) is 0.601. The summed E-state index contributed by atoms with van der Waals surface area (Å²) >= 11 is 1.63. The van der Waals surface area contributed by atoms with Crippen molar-refractivity contribution in [2.45, 2.75) is 46.0 Å². The number of hydrogen-bond acceptors (Lipinski definition) is 3. The first kappa shape index (κ1) is 14.2. The van der Waals surface area contributed by atoms with Gasteiger partial charge in [0.15, 0.2) is 11.6 Å². The number of carbonyl (C=O) groups is 2. The lowest BCUT2D eigenvalue weighted by Crippen LogP contribution is -2.24. The van der Waals surface area contributed by atoms with Gasteiger partial charge in [0, 0.05) is 23.6 Å². The van der Waals surface area contributed by atoms with Gasteiger partial charge in [-0.2, -0.15) is 0 Å². The summed E-state index contributed by atoms with van der Waals surface area (Å²) in [5, 5.41) is 2.00. The second-order valence-electron chi connectivity index (χ2n) is 6.35. The molecule has 0 aromatic carbocycles. The molecule has 0 atom stereocenters. The van der Waals surface area contributed by atoms with Crippen LogP contribution in [-0.4, -0.2) is 11.6 Å². The number of ketones is 2. The van der Waals surface area contributed by atoms with Crippen molar-refractivity contribution in [3.8, 4) is 0 Å². The number of rotatable bonds is 2. The first-order valence-electron chi connectivity index (χ1n) is 6.67. The van der Waals surface area contributed by atoms with Gasteiger partial charge in [0.25, 0.3) is 0 Å². The van der Waals surface area contributed by atoms with E-state index in [1.54, 1.807) is 11.3 Å². The van der Waals surface area contributed by atoms with E-state index in [4.69, 9.17) is 0 Å². The second kappa shape index (κ2) is 5.41. The molecule has 0 bridgehead atoms. The molecule has 1 aliphatic carbocycles. The van der Waals surface area contributed by atoms with Crippen molar-refractivity contribution in [3.05, 3.63) is 34.0 Å². The maximum atomic E-state index is 12.1. The normalized spacial score (nSPS) is 20.8. The van der Waals surface area contributed by atoms with E-state index in [0.717, 1.165) is 11.3 Å². The molecule has 0 aliphatic heterocycles. The Kier molecular flexibility index (Phi) is 4.04. The minimum Gasteiger partial charge on any atom is -0.294 e. The van der Waals surface area contributed by atoms with Gasteiger partial charge in [-0.3, -0.25) is 9.59 Å². The highest BCUT2D eigenvalue weighted by molar-refractivity contribution is 7.10. The minimum atomic E-state index is 0.0129. The zero-order chi connectivity index (χ0) is 14.0. The summed E-state index contributed by atoms with van der Waals surface area (Å²) in [5.74, 6) is 0.115. The van der Waals surface area contributed by atoms with Crippen LogP contribution in [0.2, 0.25) is 0 Å². The average Bonchev–Trinajstić information content (AvgIpc) is 2.79. The van der Waals surface area contributed by atoms with E-state index >= 15 is 0 Å². The Morgan fingerprint density at radius 1 is 1.26 bits per heavy atom. The molecule has 1 aromatic rings. The molecule has 1 aromatic heterocycles. The first-order valence-corrected chi connectivity index (χ1v) is 7.55. The first-order chi connectivity index (χ1) is 8.87. The van der Waals surface area contributed by atoms with Crippen LogP contribution in [0.1, 0.15) is 50.8 Å². The van der Waals surface area contributed by atoms with Gasteiger partial charge in [-0.1, -0.05) is 32.9 Å². The Bertz CT molecular complexity index is 483. The molecule has 0 N–H and O–H groups in total. The predicted octanol–water partition coefficient (Wildman–Crippen LogP) is 4.13. The third kappa shape index (κ3) is 3.63. The van der Waals surface area contributed by atoms with Gasteiger partial charge in [0.1, 0.15) is 0 Å². The molecule has 19 heavy (non-hydrogen) atoms. The van der Waals surface area contributed by atoms with E-state index in [9.17, 15) is 9.59 Å². The highest BCUT2D eigenvalue weighted by Gasteiger charge is 2.31. The maximum absolute atomic E-state index is 12.1. The van der Waals surface area contributed by atoms with Crippen molar-refractivity contribution in [3.63, 3.8) is 0 Å². The third-order valence-electron chi connectivity index (χ3n) is 3.33. The summed E-state index contributed by atoms with van der Waals surface area (Å²) in [7, 11) is 0. The lowest BCUT2D eigenvalue weighted by Gasteiger charge is -2.22. The van der Waals surface area contributed by atoms with Crippen LogP contribution in [0.3, 0.4) is 0 Å². The summed E-state index contributed by atoms with van der Waals surface area (Å²) in [6.45, 7) is 6.32. The monoisotopic (exact) mass is 276 g/mol. The lowest BCUT2D eigenvalue weighted by atomic mass is 9.81. The Morgan fingerprint density at radius 2 is 1.89 bits per heavy atom. The van der Waals surface area contributed by atoms with Gasteiger partial charge in [0.05, 0.1) is 5.57 Å². The van der Waals surface area contributed by atoms with Crippen LogP contribution in [-0.2, 0) is 9.59 Å². The van der Waals surface area contributed by atoms with Crippen LogP contribution < -0.4 is 0 Å². The van der Waals surface area contributed by atoms with E-state index in [-0.39, 0.29) is 22.9 Å². The molecule has 2 nitrogen and oxygen atoms in total. The Hall–Kier alpha value is -1.22. The maximum Gasteiger partial charge on any atom is 0.166 e. The Labute approximate surface area is 118 Å². The van der Waals surface area contributed by atoms with E-state index in [1.165, 1.54) is 0 Å². The topological polar surface area (TPSA) is 34.1 Å². The summed E-state index contributed by atoms with van der Waals surface area (Å²) < 4.78 is 0. The van der Waals surface area contributed by atoms with Crippen LogP contribution in [0.4, 0.5) is 0 Å². The van der Waals surface area contributed by atoms with Crippen LogP contribution in [0.25, 0.3) is 0 Å². The van der Waals surface area contributed by atoms with Crippen molar-refractivity contribution < 1.29 is 9.59 Å². The molecule has 0 amide bonds. The Morgan fingerprint density at radius 3 is 2.37 bits per heavy atom. The van der Waals surface area contributed by atoms with Crippen LogP contribution in [0.15, 0.2) is 29.2 Å². The predicted molar refractivity (Wildman–Crippen MR) is 78.5 cm³/mol. The van der Waals surface area contributed by atoms with Gasteiger partial charge in [-0.05, 0) is 23.3 Å². The zero-order valence-electron chi connectivity index (χ0n) is 11.7. The molecule has 0 saturated heterocycles. The fraction of sp³-hybridized carbons (Fsp3) is 0.500. The fourth-order valence-corrected chi connectivity index (χ4v) is 3.09. The van der Waals surface area contributed by atoms with Gasteiger partial charge < -0.3 is 0 Å². The van der Waals surface area contributed by atoms with Gasteiger partial charge in [-0.15, -0.1) is 11.3 Å². The molecule has 3 heteroatoms. The van der Waals surface area contributed by atoms with Crippen LogP contribution >= 0.6 is 11.3 Å². The molecule has 1 aliphatic rings. The van der Waals surface area contributed by atoms with Crippen molar-refractivity contribution in [1.82, 2.24) is 0 Å². The lowest BCUT2D eigenvalue weighted by molar-refractivity contribution is -0.124. The molecule has 1 saturated carbocycles. The molecule has 102 valence electrons. The van der Waals surface area contributed by atoms with Crippen molar-refractivity contribution >= 4 is 22.9 Å². The molecule has 0 radical (unpaired) electrons. The standard InChI is InChI=1S/C16H20O2S/c1-16(2,3)7-6-12-13(17)9-11(10-14(12)18)15-5-4-8-19-15/h4-6,8,11H,7,9-10H2,1-3H3. The molecule has 0 unspecified atom stereocenters. The zero-order valence-corrected chi connectivity index (χ0v) is 12.5. The molecular weight excluding hydrogens is 256 g/mol.